The van der Waals surface area contributed by atoms with Gasteiger partial charge in [0, 0.05) is 30.7 Å². The first-order valence-corrected chi connectivity index (χ1v) is 9.00. The number of rotatable bonds is 9. The molecule has 0 amide bonds. The molecular weight excluding hydrogens is 296 g/mol. The van der Waals surface area contributed by atoms with Gasteiger partial charge in [-0.1, -0.05) is 19.4 Å². The second kappa shape index (κ2) is 7.65. The Kier molecular flexibility index (Phi) is 5.34. The molecule has 1 saturated carbocycles. The summed E-state index contributed by atoms with van der Waals surface area (Å²) >= 11 is 0. The Labute approximate surface area is 144 Å². The molecule has 0 aromatic carbocycles. The highest BCUT2D eigenvalue weighted by Gasteiger charge is 2.27. The lowest BCUT2D eigenvalue weighted by Crippen LogP contribution is -2.10. The molecule has 0 saturated heterocycles. The molecular formula is C20H28N4. The monoisotopic (exact) mass is 324 g/mol. The standard InChI is InChI=1S/C20H28N4/c1-4-22-10-5-6-16(12-15-7-8-15)17-9-11-23-18-13-24-20(21-3)14(2)19(17)18/h4,9,11,13,15-16,22H,1,5-8,10,12H2,2-3H3,(H,21,24). The summed E-state index contributed by atoms with van der Waals surface area (Å²) in [5, 5.41) is 7.72. The lowest BCUT2D eigenvalue weighted by atomic mass is 9.86. The lowest BCUT2D eigenvalue weighted by molar-refractivity contribution is 0.519. The Balaban J connectivity index is 1.94. The third kappa shape index (κ3) is 3.69. The number of hydrogen-bond donors (Lipinski definition) is 2. The number of anilines is 1. The van der Waals surface area contributed by atoms with Gasteiger partial charge in [-0.3, -0.25) is 4.98 Å². The maximum absolute atomic E-state index is 4.55. The van der Waals surface area contributed by atoms with E-state index in [4.69, 9.17) is 0 Å². The highest BCUT2D eigenvalue weighted by Crippen LogP contribution is 2.42. The number of pyridine rings is 2. The van der Waals surface area contributed by atoms with Gasteiger partial charge in [-0.2, -0.15) is 0 Å². The van der Waals surface area contributed by atoms with E-state index in [0.717, 1.165) is 30.2 Å². The van der Waals surface area contributed by atoms with Crippen LogP contribution in [0.3, 0.4) is 0 Å². The molecule has 1 aliphatic rings. The summed E-state index contributed by atoms with van der Waals surface area (Å²) in [5.41, 5.74) is 3.67. The fourth-order valence-corrected chi connectivity index (χ4v) is 3.64. The largest absolute Gasteiger partial charge is 0.391 e. The molecule has 2 heterocycles. The van der Waals surface area contributed by atoms with Crippen molar-refractivity contribution in [2.75, 3.05) is 18.9 Å². The zero-order chi connectivity index (χ0) is 16.9. The summed E-state index contributed by atoms with van der Waals surface area (Å²) < 4.78 is 0. The van der Waals surface area contributed by atoms with Gasteiger partial charge in [0.25, 0.3) is 0 Å². The molecule has 1 fully saturated rings. The van der Waals surface area contributed by atoms with Crippen molar-refractivity contribution < 1.29 is 0 Å². The summed E-state index contributed by atoms with van der Waals surface area (Å²) in [7, 11) is 1.93. The molecule has 1 atom stereocenters. The molecule has 0 aliphatic heterocycles. The summed E-state index contributed by atoms with van der Waals surface area (Å²) in [4.78, 5) is 9.04. The Hall–Kier alpha value is -2.10. The smallest absolute Gasteiger partial charge is 0.129 e. The molecule has 128 valence electrons. The highest BCUT2D eigenvalue weighted by atomic mass is 15.0. The van der Waals surface area contributed by atoms with Crippen molar-refractivity contribution in [2.45, 2.75) is 44.9 Å². The average molecular weight is 324 g/mol. The van der Waals surface area contributed by atoms with E-state index in [-0.39, 0.29) is 0 Å². The lowest BCUT2D eigenvalue weighted by Gasteiger charge is -2.21. The first kappa shape index (κ1) is 16.7. The minimum Gasteiger partial charge on any atom is -0.391 e. The molecule has 4 heteroatoms. The van der Waals surface area contributed by atoms with E-state index >= 15 is 0 Å². The van der Waals surface area contributed by atoms with Crippen LogP contribution in [0.1, 0.15) is 49.1 Å². The van der Waals surface area contributed by atoms with Crippen LogP contribution in [-0.4, -0.2) is 23.6 Å². The van der Waals surface area contributed by atoms with E-state index in [0.29, 0.717) is 5.92 Å². The average Bonchev–Trinajstić information content (AvgIpc) is 3.42. The van der Waals surface area contributed by atoms with E-state index in [2.05, 4.69) is 40.2 Å². The van der Waals surface area contributed by atoms with Crippen molar-refractivity contribution in [3.8, 4) is 0 Å². The molecule has 0 spiro atoms. The number of aromatic nitrogens is 2. The van der Waals surface area contributed by atoms with Gasteiger partial charge >= 0.3 is 0 Å². The van der Waals surface area contributed by atoms with E-state index in [1.54, 1.807) is 6.20 Å². The second-order valence-corrected chi connectivity index (χ2v) is 6.82. The molecule has 1 aliphatic carbocycles. The van der Waals surface area contributed by atoms with E-state index in [1.165, 1.54) is 42.2 Å². The quantitative estimate of drug-likeness (QED) is 0.672. The van der Waals surface area contributed by atoms with Crippen LogP contribution < -0.4 is 10.6 Å². The first-order chi connectivity index (χ1) is 11.7. The predicted octanol–water partition coefficient (Wildman–Crippen LogP) is 4.38. The van der Waals surface area contributed by atoms with Crippen molar-refractivity contribution in [3.63, 3.8) is 0 Å². The Bertz CT molecular complexity index is 706. The van der Waals surface area contributed by atoms with E-state index in [1.807, 2.05) is 19.4 Å². The van der Waals surface area contributed by atoms with Crippen molar-refractivity contribution in [1.29, 1.82) is 0 Å². The van der Waals surface area contributed by atoms with Crippen molar-refractivity contribution in [2.24, 2.45) is 5.92 Å². The highest BCUT2D eigenvalue weighted by molar-refractivity contribution is 5.88. The van der Waals surface area contributed by atoms with Crippen molar-refractivity contribution in [3.05, 3.63) is 42.4 Å². The van der Waals surface area contributed by atoms with Crippen LogP contribution in [0.5, 0.6) is 0 Å². The number of fused-ring (bicyclic) bond motifs is 1. The first-order valence-electron chi connectivity index (χ1n) is 9.00. The van der Waals surface area contributed by atoms with Crippen LogP contribution in [-0.2, 0) is 0 Å². The number of aryl methyl sites for hydroxylation is 1. The van der Waals surface area contributed by atoms with Crippen LogP contribution in [0.25, 0.3) is 10.9 Å². The molecule has 0 radical (unpaired) electrons. The van der Waals surface area contributed by atoms with Gasteiger partial charge in [0.1, 0.15) is 5.82 Å². The van der Waals surface area contributed by atoms with Gasteiger partial charge < -0.3 is 10.6 Å². The maximum Gasteiger partial charge on any atom is 0.129 e. The van der Waals surface area contributed by atoms with Gasteiger partial charge in [-0.05, 0) is 55.9 Å². The minimum absolute atomic E-state index is 0.598. The number of nitrogens with zero attached hydrogens (tertiary/aromatic N) is 2. The third-order valence-corrected chi connectivity index (χ3v) is 5.07. The zero-order valence-corrected chi connectivity index (χ0v) is 14.8. The minimum atomic E-state index is 0.598. The fraction of sp³-hybridized carbons (Fsp3) is 0.500. The predicted molar refractivity (Wildman–Crippen MR) is 101 cm³/mol. The second-order valence-electron chi connectivity index (χ2n) is 6.82. The zero-order valence-electron chi connectivity index (χ0n) is 14.8. The van der Waals surface area contributed by atoms with Gasteiger partial charge in [-0.15, -0.1) is 0 Å². The number of hydrogen-bond acceptors (Lipinski definition) is 4. The summed E-state index contributed by atoms with van der Waals surface area (Å²) in [6, 6.07) is 2.22. The molecule has 2 aromatic rings. The van der Waals surface area contributed by atoms with Crippen LogP contribution in [0.4, 0.5) is 5.82 Å². The van der Waals surface area contributed by atoms with Crippen LogP contribution in [0, 0.1) is 12.8 Å². The van der Waals surface area contributed by atoms with Crippen LogP contribution in [0.15, 0.2) is 31.2 Å². The molecule has 1 unspecified atom stereocenters. The normalized spacial score (nSPS) is 15.2. The number of nitrogens with one attached hydrogen (secondary N) is 2. The Morgan fingerprint density at radius 2 is 2.21 bits per heavy atom. The van der Waals surface area contributed by atoms with Crippen molar-refractivity contribution in [1.82, 2.24) is 15.3 Å². The van der Waals surface area contributed by atoms with Crippen LogP contribution >= 0.6 is 0 Å². The van der Waals surface area contributed by atoms with Gasteiger partial charge in [0.15, 0.2) is 0 Å². The van der Waals surface area contributed by atoms with E-state index < -0.39 is 0 Å². The topological polar surface area (TPSA) is 49.8 Å². The van der Waals surface area contributed by atoms with Gasteiger partial charge in [0.2, 0.25) is 0 Å². The van der Waals surface area contributed by atoms with Gasteiger partial charge in [0.05, 0.1) is 11.7 Å². The molecule has 0 bridgehead atoms. The molecule has 3 rings (SSSR count). The molecule has 2 N–H and O–H groups in total. The van der Waals surface area contributed by atoms with Gasteiger partial charge in [-0.25, -0.2) is 4.98 Å². The SMILES string of the molecule is C=CNCCCC(CC1CC1)c1ccnc2cnc(NC)c(C)c12. The summed E-state index contributed by atoms with van der Waals surface area (Å²) in [6.45, 7) is 6.88. The molecule has 2 aromatic heterocycles. The molecule has 4 nitrogen and oxygen atoms in total. The summed E-state index contributed by atoms with van der Waals surface area (Å²) in [6.07, 6.45) is 12.1. The molecule has 24 heavy (non-hydrogen) atoms. The Morgan fingerprint density at radius 3 is 2.92 bits per heavy atom. The fourth-order valence-electron chi connectivity index (χ4n) is 3.64. The maximum atomic E-state index is 4.55. The van der Waals surface area contributed by atoms with E-state index in [9.17, 15) is 0 Å². The van der Waals surface area contributed by atoms with Crippen LogP contribution in [0.2, 0.25) is 0 Å². The van der Waals surface area contributed by atoms with Crippen molar-refractivity contribution >= 4 is 16.7 Å². The Morgan fingerprint density at radius 1 is 1.38 bits per heavy atom. The summed E-state index contributed by atoms with van der Waals surface area (Å²) in [5.74, 6) is 2.46. The third-order valence-electron chi connectivity index (χ3n) is 5.07.